The molecule has 0 radical (unpaired) electrons. The summed E-state index contributed by atoms with van der Waals surface area (Å²) >= 11 is 11.7. The standard InChI is InChI=1S/C8H8Cl2N2/c9-7-2-1-5-4-11-8(10)3-6(5)12-7/h1-2,8,11H,3-4H2. The van der Waals surface area contributed by atoms with E-state index in [-0.39, 0.29) is 5.50 Å². The van der Waals surface area contributed by atoms with Crippen LogP contribution in [-0.4, -0.2) is 10.5 Å². The Morgan fingerprint density at radius 2 is 2.33 bits per heavy atom. The van der Waals surface area contributed by atoms with Gasteiger partial charge in [-0.3, -0.25) is 5.32 Å². The van der Waals surface area contributed by atoms with Gasteiger partial charge in [-0.25, -0.2) is 4.98 Å². The van der Waals surface area contributed by atoms with E-state index in [4.69, 9.17) is 23.2 Å². The number of aromatic nitrogens is 1. The highest BCUT2D eigenvalue weighted by Crippen LogP contribution is 2.18. The van der Waals surface area contributed by atoms with Gasteiger partial charge in [0, 0.05) is 18.7 Å². The van der Waals surface area contributed by atoms with Crippen LogP contribution >= 0.6 is 23.2 Å². The molecule has 0 amide bonds. The van der Waals surface area contributed by atoms with Crippen molar-refractivity contribution in [3.8, 4) is 0 Å². The van der Waals surface area contributed by atoms with Gasteiger partial charge in [-0.15, -0.1) is 11.6 Å². The molecule has 2 nitrogen and oxygen atoms in total. The minimum absolute atomic E-state index is 0.0107. The molecule has 1 N–H and O–H groups in total. The highest BCUT2D eigenvalue weighted by molar-refractivity contribution is 6.29. The lowest BCUT2D eigenvalue weighted by Gasteiger charge is -2.20. The number of nitrogens with one attached hydrogen (secondary N) is 1. The van der Waals surface area contributed by atoms with E-state index in [1.807, 2.05) is 6.07 Å². The second-order valence-electron chi connectivity index (χ2n) is 2.79. The molecule has 4 heteroatoms. The molecule has 1 aromatic rings. The van der Waals surface area contributed by atoms with Crippen LogP contribution in [0.2, 0.25) is 5.15 Å². The summed E-state index contributed by atoms with van der Waals surface area (Å²) in [5, 5.41) is 3.68. The van der Waals surface area contributed by atoms with Crippen molar-refractivity contribution in [3.63, 3.8) is 0 Å². The van der Waals surface area contributed by atoms with Crippen molar-refractivity contribution < 1.29 is 0 Å². The van der Waals surface area contributed by atoms with Gasteiger partial charge in [-0.1, -0.05) is 17.7 Å². The van der Waals surface area contributed by atoms with Crippen LogP contribution in [0, 0.1) is 0 Å². The van der Waals surface area contributed by atoms with Crippen LogP contribution in [0.25, 0.3) is 0 Å². The monoisotopic (exact) mass is 202 g/mol. The minimum Gasteiger partial charge on any atom is -0.297 e. The molecule has 1 aromatic heterocycles. The summed E-state index contributed by atoms with van der Waals surface area (Å²) in [6.45, 7) is 0.785. The van der Waals surface area contributed by atoms with Gasteiger partial charge in [0.1, 0.15) is 5.15 Å². The molecule has 0 fully saturated rings. The number of hydrogen-bond donors (Lipinski definition) is 1. The van der Waals surface area contributed by atoms with E-state index in [1.165, 1.54) is 5.56 Å². The lowest BCUT2D eigenvalue weighted by molar-refractivity contribution is 0.585. The Kier molecular flexibility index (Phi) is 2.22. The Hall–Kier alpha value is -0.310. The zero-order valence-electron chi connectivity index (χ0n) is 6.35. The number of rotatable bonds is 0. The number of hydrogen-bond acceptors (Lipinski definition) is 2. The summed E-state index contributed by atoms with van der Waals surface area (Å²) in [4.78, 5) is 4.21. The largest absolute Gasteiger partial charge is 0.297 e. The fourth-order valence-corrected chi connectivity index (χ4v) is 1.69. The highest BCUT2D eigenvalue weighted by Gasteiger charge is 2.16. The van der Waals surface area contributed by atoms with Gasteiger partial charge in [0.05, 0.1) is 5.50 Å². The van der Waals surface area contributed by atoms with Gasteiger partial charge in [0.2, 0.25) is 0 Å². The molecule has 2 rings (SSSR count). The van der Waals surface area contributed by atoms with Crippen LogP contribution in [0.1, 0.15) is 11.3 Å². The fraction of sp³-hybridized carbons (Fsp3) is 0.375. The van der Waals surface area contributed by atoms with Crippen molar-refractivity contribution in [2.45, 2.75) is 18.5 Å². The average molecular weight is 203 g/mol. The van der Waals surface area contributed by atoms with Crippen LogP contribution in [-0.2, 0) is 13.0 Å². The maximum atomic E-state index is 5.90. The van der Waals surface area contributed by atoms with Crippen LogP contribution in [0.15, 0.2) is 12.1 Å². The Labute approximate surface area is 80.9 Å². The second-order valence-corrected chi connectivity index (χ2v) is 3.71. The Morgan fingerprint density at radius 1 is 1.50 bits per heavy atom. The summed E-state index contributed by atoms with van der Waals surface area (Å²) in [5.74, 6) is 0. The van der Waals surface area contributed by atoms with Crippen LogP contribution in [0.3, 0.4) is 0 Å². The second kappa shape index (κ2) is 3.21. The number of pyridine rings is 1. The fourth-order valence-electron chi connectivity index (χ4n) is 1.30. The summed E-state index contributed by atoms with van der Waals surface area (Å²) in [7, 11) is 0. The van der Waals surface area contributed by atoms with E-state index < -0.39 is 0 Å². The molecule has 2 heterocycles. The third-order valence-corrected chi connectivity index (χ3v) is 2.44. The Morgan fingerprint density at radius 3 is 3.17 bits per heavy atom. The van der Waals surface area contributed by atoms with Crippen LogP contribution in [0.4, 0.5) is 0 Å². The maximum Gasteiger partial charge on any atom is 0.129 e. The first kappa shape index (κ1) is 8.30. The van der Waals surface area contributed by atoms with Gasteiger partial charge in [0.25, 0.3) is 0 Å². The number of halogens is 2. The molecule has 0 aliphatic carbocycles. The first-order chi connectivity index (χ1) is 5.75. The zero-order chi connectivity index (χ0) is 8.55. The molecule has 0 saturated heterocycles. The van der Waals surface area contributed by atoms with E-state index in [2.05, 4.69) is 10.3 Å². The molecule has 1 atom stereocenters. The Balaban J connectivity index is 2.37. The van der Waals surface area contributed by atoms with E-state index in [9.17, 15) is 0 Å². The van der Waals surface area contributed by atoms with Crippen molar-refractivity contribution in [2.24, 2.45) is 0 Å². The summed E-state index contributed by atoms with van der Waals surface area (Å²) in [5.41, 5.74) is 2.20. The third kappa shape index (κ3) is 1.56. The molecular formula is C8H8Cl2N2. The summed E-state index contributed by atoms with van der Waals surface area (Å²) in [6, 6.07) is 3.79. The summed E-state index contributed by atoms with van der Waals surface area (Å²) < 4.78 is 0. The SMILES string of the molecule is Clc1ccc2c(n1)CC(Cl)NC2. The van der Waals surface area contributed by atoms with Gasteiger partial charge in [-0.2, -0.15) is 0 Å². The molecule has 0 bridgehead atoms. The van der Waals surface area contributed by atoms with Gasteiger partial charge in [-0.05, 0) is 11.6 Å². The van der Waals surface area contributed by atoms with Crippen molar-refractivity contribution in [2.75, 3.05) is 0 Å². The molecule has 0 spiro atoms. The third-order valence-electron chi connectivity index (χ3n) is 1.92. The zero-order valence-corrected chi connectivity index (χ0v) is 7.86. The topological polar surface area (TPSA) is 24.9 Å². The van der Waals surface area contributed by atoms with Crippen molar-refractivity contribution >= 4 is 23.2 Å². The predicted molar refractivity (Wildman–Crippen MR) is 49.4 cm³/mol. The quantitative estimate of drug-likeness (QED) is 0.396. The smallest absolute Gasteiger partial charge is 0.129 e. The van der Waals surface area contributed by atoms with E-state index in [0.29, 0.717) is 5.15 Å². The molecule has 12 heavy (non-hydrogen) atoms. The predicted octanol–water partition coefficient (Wildman–Crippen LogP) is 1.95. The van der Waals surface area contributed by atoms with Crippen molar-refractivity contribution in [1.82, 2.24) is 10.3 Å². The number of nitrogens with zero attached hydrogens (tertiary/aromatic N) is 1. The first-order valence-corrected chi connectivity index (χ1v) is 4.59. The van der Waals surface area contributed by atoms with E-state index >= 15 is 0 Å². The molecule has 0 aromatic carbocycles. The van der Waals surface area contributed by atoms with Gasteiger partial charge >= 0.3 is 0 Å². The van der Waals surface area contributed by atoms with Crippen molar-refractivity contribution in [1.29, 1.82) is 0 Å². The summed E-state index contributed by atoms with van der Waals surface area (Å²) in [6.07, 6.45) is 0.747. The van der Waals surface area contributed by atoms with Crippen LogP contribution < -0.4 is 5.32 Å². The molecular weight excluding hydrogens is 195 g/mol. The molecule has 1 aliphatic heterocycles. The molecule has 64 valence electrons. The van der Waals surface area contributed by atoms with Gasteiger partial charge < -0.3 is 0 Å². The first-order valence-electron chi connectivity index (χ1n) is 3.77. The van der Waals surface area contributed by atoms with Crippen molar-refractivity contribution in [3.05, 3.63) is 28.5 Å². The molecule has 1 aliphatic rings. The van der Waals surface area contributed by atoms with Crippen LogP contribution in [0.5, 0.6) is 0 Å². The Bertz CT molecular complexity index is 301. The number of fused-ring (bicyclic) bond motifs is 1. The van der Waals surface area contributed by atoms with E-state index in [0.717, 1.165) is 18.7 Å². The minimum atomic E-state index is -0.0107. The highest BCUT2D eigenvalue weighted by atomic mass is 35.5. The lowest BCUT2D eigenvalue weighted by Crippen LogP contribution is -2.31. The average Bonchev–Trinajstić information content (AvgIpc) is 2.03. The number of alkyl halides is 1. The van der Waals surface area contributed by atoms with E-state index in [1.54, 1.807) is 6.07 Å². The lowest BCUT2D eigenvalue weighted by atomic mass is 10.1. The molecule has 0 saturated carbocycles. The molecule has 1 unspecified atom stereocenters. The normalized spacial score (nSPS) is 22.0. The maximum absolute atomic E-state index is 5.90. The van der Waals surface area contributed by atoms with Gasteiger partial charge in [0.15, 0.2) is 0 Å².